The Morgan fingerprint density at radius 2 is 2.00 bits per heavy atom. The maximum atomic E-state index is 3.28. The Bertz CT molecular complexity index is 239. The SMILES string of the molecule is CCNCC/C=C\c1ccccc1. The lowest BCUT2D eigenvalue weighted by atomic mass is 10.2. The quantitative estimate of drug-likeness (QED) is 0.678. The van der Waals surface area contributed by atoms with E-state index in [1.165, 1.54) is 5.56 Å². The van der Waals surface area contributed by atoms with Gasteiger partial charge in [0.25, 0.3) is 0 Å². The second kappa shape index (κ2) is 6.44. The predicted molar refractivity (Wildman–Crippen MR) is 58.6 cm³/mol. The number of rotatable bonds is 5. The van der Waals surface area contributed by atoms with Gasteiger partial charge in [0.15, 0.2) is 0 Å². The fourth-order valence-electron chi connectivity index (χ4n) is 1.15. The first-order valence-corrected chi connectivity index (χ1v) is 4.86. The molecule has 0 bridgehead atoms. The van der Waals surface area contributed by atoms with E-state index in [1.54, 1.807) is 0 Å². The van der Waals surface area contributed by atoms with Crippen LogP contribution in [0.3, 0.4) is 0 Å². The highest BCUT2D eigenvalue weighted by Crippen LogP contribution is 2.01. The van der Waals surface area contributed by atoms with E-state index in [0.29, 0.717) is 0 Å². The van der Waals surface area contributed by atoms with Crippen molar-refractivity contribution in [3.05, 3.63) is 42.0 Å². The third-order valence-corrected chi connectivity index (χ3v) is 1.85. The summed E-state index contributed by atoms with van der Waals surface area (Å²) in [5, 5.41) is 3.28. The van der Waals surface area contributed by atoms with Gasteiger partial charge in [0.05, 0.1) is 0 Å². The smallest absolute Gasteiger partial charge is 0.00143 e. The fourth-order valence-corrected chi connectivity index (χ4v) is 1.15. The van der Waals surface area contributed by atoms with Gasteiger partial charge in [-0.15, -0.1) is 0 Å². The van der Waals surface area contributed by atoms with Crippen molar-refractivity contribution in [1.29, 1.82) is 0 Å². The first kappa shape index (κ1) is 10.0. The molecule has 0 aliphatic carbocycles. The maximum Gasteiger partial charge on any atom is -0.00143 e. The second-order valence-electron chi connectivity index (χ2n) is 2.96. The van der Waals surface area contributed by atoms with Crippen LogP contribution in [-0.2, 0) is 0 Å². The number of benzene rings is 1. The van der Waals surface area contributed by atoms with Gasteiger partial charge in [0.1, 0.15) is 0 Å². The molecule has 1 nitrogen and oxygen atoms in total. The minimum absolute atomic E-state index is 1.05. The first-order chi connectivity index (χ1) is 6.43. The van der Waals surface area contributed by atoms with E-state index >= 15 is 0 Å². The van der Waals surface area contributed by atoms with Crippen molar-refractivity contribution in [2.45, 2.75) is 13.3 Å². The van der Waals surface area contributed by atoms with Gasteiger partial charge in [-0.1, -0.05) is 49.4 Å². The van der Waals surface area contributed by atoms with Gasteiger partial charge in [0.2, 0.25) is 0 Å². The van der Waals surface area contributed by atoms with E-state index in [2.05, 4.69) is 48.7 Å². The maximum absolute atomic E-state index is 3.28. The number of hydrogen-bond acceptors (Lipinski definition) is 1. The molecule has 0 heterocycles. The highest BCUT2D eigenvalue weighted by molar-refractivity contribution is 5.48. The van der Waals surface area contributed by atoms with Gasteiger partial charge in [0, 0.05) is 0 Å². The summed E-state index contributed by atoms with van der Waals surface area (Å²) >= 11 is 0. The Labute approximate surface area is 80.5 Å². The molecule has 0 fully saturated rings. The van der Waals surface area contributed by atoms with Gasteiger partial charge in [-0.05, 0) is 25.1 Å². The van der Waals surface area contributed by atoms with Crippen LogP contribution in [0.1, 0.15) is 18.9 Å². The second-order valence-corrected chi connectivity index (χ2v) is 2.96. The van der Waals surface area contributed by atoms with Crippen LogP contribution in [0.25, 0.3) is 6.08 Å². The van der Waals surface area contributed by atoms with Crippen molar-refractivity contribution < 1.29 is 0 Å². The monoisotopic (exact) mass is 175 g/mol. The van der Waals surface area contributed by atoms with Crippen LogP contribution in [0.4, 0.5) is 0 Å². The van der Waals surface area contributed by atoms with Gasteiger partial charge < -0.3 is 5.32 Å². The Morgan fingerprint density at radius 1 is 1.23 bits per heavy atom. The normalized spacial score (nSPS) is 10.8. The van der Waals surface area contributed by atoms with Crippen molar-refractivity contribution in [3.8, 4) is 0 Å². The average molecular weight is 175 g/mol. The van der Waals surface area contributed by atoms with Gasteiger partial charge in [-0.2, -0.15) is 0 Å². The Hall–Kier alpha value is -1.08. The minimum Gasteiger partial charge on any atom is -0.317 e. The third-order valence-electron chi connectivity index (χ3n) is 1.85. The molecule has 13 heavy (non-hydrogen) atoms. The summed E-state index contributed by atoms with van der Waals surface area (Å²) in [7, 11) is 0. The lowest BCUT2D eigenvalue weighted by Gasteiger charge is -1.95. The standard InChI is InChI=1S/C12H17N/c1-2-13-11-7-6-10-12-8-4-3-5-9-12/h3-6,8-10,13H,2,7,11H2,1H3/b10-6-. The van der Waals surface area contributed by atoms with Crippen LogP contribution < -0.4 is 5.32 Å². The lowest BCUT2D eigenvalue weighted by molar-refractivity contribution is 0.727. The molecule has 0 spiro atoms. The van der Waals surface area contributed by atoms with Crippen molar-refractivity contribution in [1.82, 2.24) is 5.32 Å². The van der Waals surface area contributed by atoms with Gasteiger partial charge in [-0.25, -0.2) is 0 Å². The van der Waals surface area contributed by atoms with E-state index in [-0.39, 0.29) is 0 Å². The molecule has 1 N–H and O–H groups in total. The molecule has 1 rings (SSSR count). The van der Waals surface area contributed by atoms with Crippen LogP contribution in [0.2, 0.25) is 0 Å². The molecule has 70 valence electrons. The third kappa shape index (κ3) is 4.48. The summed E-state index contributed by atoms with van der Waals surface area (Å²) in [5.74, 6) is 0. The molecule has 1 aromatic rings. The van der Waals surface area contributed by atoms with Gasteiger partial charge in [-0.3, -0.25) is 0 Å². The molecule has 0 aromatic heterocycles. The molecule has 0 atom stereocenters. The van der Waals surface area contributed by atoms with E-state index in [1.807, 2.05) is 6.07 Å². The molecule has 1 heteroatoms. The molecule has 0 unspecified atom stereocenters. The Morgan fingerprint density at radius 3 is 2.69 bits per heavy atom. The van der Waals surface area contributed by atoms with Crippen LogP contribution in [0.15, 0.2) is 36.4 Å². The zero-order chi connectivity index (χ0) is 9.36. The topological polar surface area (TPSA) is 12.0 Å². The Kier molecular flexibility index (Phi) is 4.95. The Balaban J connectivity index is 2.25. The van der Waals surface area contributed by atoms with Crippen molar-refractivity contribution >= 4 is 6.08 Å². The summed E-state index contributed by atoms with van der Waals surface area (Å²) in [6.07, 6.45) is 5.47. The summed E-state index contributed by atoms with van der Waals surface area (Å²) in [6.45, 7) is 4.25. The molecular formula is C12H17N. The van der Waals surface area contributed by atoms with E-state index in [4.69, 9.17) is 0 Å². The van der Waals surface area contributed by atoms with Crippen LogP contribution in [0.5, 0.6) is 0 Å². The molecular weight excluding hydrogens is 158 g/mol. The molecule has 0 saturated carbocycles. The van der Waals surface area contributed by atoms with E-state index in [9.17, 15) is 0 Å². The molecule has 0 amide bonds. The molecule has 1 aromatic carbocycles. The highest BCUT2D eigenvalue weighted by Gasteiger charge is 1.82. The average Bonchev–Trinajstić information content (AvgIpc) is 2.19. The highest BCUT2D eigenvalue weighted by atomic mass is 14.8. The summed E-state index contributed by atoms with van der Waals surface area (Å²) in [6, 6.07) is 10.4. The fraction of sp³-hybridized carbons (Fsp3) is 0.333. The first-order valence-electron chi connectivity index (χ1n) is 4.86. The zero-order valence-corrected chi connectivity index (χ0v) is 8.16. The van der Waals surface area contributed by atoms with Crippen LogP contribution >= 0.6 is 0 Å². The minimum atomic E-state index is 1.05. The van der Waals surface area contributed by atoms with Crippen LogP contribution in [-0.4, -0.2) is 13.1 Å². The largest absolute Gasteiger partial charge is 0.317 e. The lowest BCUT2D eigenvalue weighted by Crippen LogP contribution is -2.12. The molecule has 0 saturated heterocycles. The van der Waals surface area contributed by atoms with E-state index < -0.39 is 0 Å². The molecule has 0 aliphatic rings. The van der Waals surface area contributed by atoms with Crippen molar-refractivity contribution in [2.24, 2.45) is 0 Å². The summed E-state index contributed by atoms with van der Waals surface area (Å²) in [4.78, 5) is 0. The van der Waals surface area contributed by atoms with Gasteiger partial charge >= 0.3 is 0 Å². The molecule has 0 radical (unpaired) electrons. The van der Waals surface area contributed by atoms with Crippen molar-refractivity contribution in [2.75, 3.05) is 13.1 Å². The number of nitrogens with one attached hydrogen (secondary N) is 1. The summed E-state index contributed by atoms with van der Waals surface area (Å²) < 4.78 is 0. The summed E-state index contributed by atoms with van der Waals surface area (Å²) in [5.41, 5.74) is 1.28. The number of hydrogen-bond donors (Lipinski definition) is 1. The predicted octanol–water partition coefficient (Wildman–Crippen LogP) is 2.70. The van der Waals surface area contributed by atoms with E-state index in [0.717, 1.165) is 19.5 Å². The van der Waals surface area contributed by atoms with Crippen LogP contribution in [0, 0.1) is 0 Å². The molecule has 0 aliphatic heterocycles. The van der Waals surface area contributed by atoms with Crippen molar-refractivity contribution in [3.63, 3.8) is 0 Å². The zero-order valence-electron chi connectivity index (χ0n) is 8.16.